The Labute approximate surface area is 118 Å². The number of rotatable bonds is 8. The molecule has 1 aromatic heterocycles. The van der Waals surface area contributed by atoms with Gasteiger partial charge in [-0.15, -0.1) is 0 Å². The topological polar surface area (TPSA) is 34.2 Å². The number of ether oxygens (including phenoxy) is 1. The van der Waals surface area contributed by atoms with E-state index in [1.165, 1.54) is 0 Å². The van der Waals surface area contributed by atoms with Gasteiger partial charge in [-0.05, 0) is 53.4 Å². The number of nitrogens with zero attached hydrogens (tertiary/aromatic N) is 1. The van der Waals surface area contributed by atoms with Gasteiger partial charge in [0.2, 0.25) is 0 Å². The smallest absolute Gasteiger partial charge is 0.0717 e. The van der Waals surface area contributed by atoms with Crippen molar-refractivity contribution in [2.24, 2.45) is 5.92 Å². The highest BCUT2D eigenvalue weighted by molar-refractivity contribution is 9.10. The van der Waals surface area contributed by atoms with Crippen molar-refractivity contribution in [2.75, 3.05) is 20.3 Å². The van der Waals surface area contributed by atoms with Gasteiger partial charge in [0.1, 0.15) is 0 Å². The van der Waals surface area contributed by atoms with Crippen LogP contribution in [-0.2, 0) is 4.74 Å². The lowest BCUT2D eigenvalue weighted by Crippen LogP contribution is -2.29. The van der Waals surface area contributed by atoms with Gasteiger partial charge in [0.25, 0.3) is 0 Å². The molecule has 0 fully saturated rings. The zero-order chi connectivity index (χ0) is 13.4. The van der Waals surface area contributed by atoms with E-state index < -0.39 is 0 Å². The maximum atomic E-state index is 5.17. The van der Waals surface area contributed by atoms with E-state index in [0.29, 0.717) is 5.92 Å². The number of aromatic nitrogens is 1. The van der Waals surface area contributed by atoms with Gasteiger partial charge in [-0.3, -0.25) is 4.98 Å². The fourth-order valence-electron chi connectivity index (χ4n) is 1.96. The van der Waals surface area contributed by atoms with Gasteiger partial charge in [-0.1, -0.05) is 13.8 Å². The van der Waals surface area contributed by atoms with Crippen molar-refractivity contribution in [1.29, 1.82) is 0 Å². The molecular weight excluding hydrogens is 292 g/mol. The molecule has 0 aliphatic heterocycles. The van der Waals surface area contributed by atoms with Crippen LogP contribution in [0.5, 0.6) is 0 Å². The Morgan fingerprint density at radius 2 is 2.28 bits per heavy atom. The summed E-state index contributed by atoms with van der Waals surface area (Å²) in [6.45, 7) is 6.21. The Bertz CT molecular complexity index is 346. The zero-order valence-electron chi connectivity index (χ0n) is 11.4. The van der Waals surface area contributed by atoms with Crippen LogP contribution in [0.1, 0.15) is 38.4 Å². The molecule has 2 unspecified atom stereocenters. The number of methoxy groups -OCH3 is 1. The highest BCUT2D eigenvalue weighted by Crippen LogP contribution is 2.28. The van der Waals surface area contributed by atoms with E-state index in [1.54, 1.807) is 7.11 Å². The zero-order valence-corrected chi connectivity index (χ0v) is 13.0. The molecule has 0 saturated heterocycles. The number of hydrogen-bond donors (Lipinski definition) is 1. The molecule has 1 aromatic rings. The van der Waals surface area contributed by atoms with E-state index in [2.05, 4.69) is 40.1 Å². The lowest BCUT2D eigenvalue weighted by molar-refractivity contribution is 0.169. The highest BCUT2D eigenvalue weighted by atomic mass is 79.9. The predicted octanol–water partition coefficient (Wildman–Crippen LogP) is 3.56. The first-order valence-corrected chi connectivity index (χ1v) is 7.32. The summed E-state index contributed by atoms with van der Waals surface area (Å²) < 4.78 is 6.25. The van der Waals surface area contributed by atoms with Crippen LogP contribution >= 0.6 is 15.9 Å². The molecular formula is C14H23BrN2O. The van der Waals surface area contributed by atoms with Gasteiger partial charge < -0.3 is 10.1 Å². The number of pyridine rings is 1. The average molecular weight is 315 g/mol. The molecule has 4 heteroatoms. The summed E-state index contributed by atoms with van der Waals surface area (Å²) in [6.07, 6.45) is 4.00. The summed E-state index contributed by atoms with van der Waals surface area (Å²) in [7, 11) is 1.75. The van der Waals surface area contributed by atoms with Crippen molar-refractivity contribution in [3.05, 3.63) is 28.5 Å². The minimum Gasteiger partial charge on any atom is -0.385 e. The molecule has 0 aliphatic rings. The first-order chi connectivity index (χ1) is 8.70. The predicted molar refractivity (Wildman–Crippen MR) is 78.6 cm³/mol. The summed E-state index contributed by atoms with van der Waals surface area (Å²) in [4.78, 5) is 4.51. The standard InChI is InChI=1S/C14H23BrN2O/c1-4-8-16-13(11(2)7-10-18-3)14-12(15)6-5-9-17-14/h5-6,9,11,13,16H,4,7-8,10H2,1-3H3. The maximum absolute atomic E-state index is 5.17. The van der Waals surface area contributed by atoms with Crippen LogP contribution in [0, 0.1) is 5.92 Å². The molecule has 18 heavy (non-hydrogen) atoms. The van der Waals surface area contributed by atoms with E-state index in [0.717, 1.165) is 36.2 Å². The molecule has 1 rings (SSSR count). The van der Waals surface area contributed by atoms with Crippen molar-refractivity contribution in [1.82, 2.24) is 10.3 Å². The van der Waals surface area contributed by atoms with Crippen LogP contribution in [0.25, 0.3) is 0 Å². The van der Waals surface area contributed by atoms with Gasteiger partial charge in [0, 0.05) is 24.4 Å². The Kier molecular flexibility index (Phi) is 7.47. The molecule has 0 aliphatic carbocycles. The van der Waals surface area contributed by atoms with Crippen LogP contribution in [0.3, 0.4) is 0 Å². The van der Waals surface area contributed by atoms with Crippen molar-refractivity contribution in [3.63, 3.8) is 0 Å². The summed E-state index contributed by atoms with van der Waals surface area (Å²) in [5.74, 6) is 0.489. The molecule has 0 bridgehead atoms. The molecule has 0 aromatic carbocycles. The SMILES string of the molecule is CCCNC(c1ncccc1Br)C(C)CCOC. The average Bonchev–Trinajstić information content (AvgIpc) is 2.38. The van der Waals surface area contributed by atoms with E-state index >= 15 is 0 Å². The summed E-state index contributed by atoms with van der Waals surface area (Å²) >= 11 is 3.59. The van der Waals surface area contributed by atoms with Crippen LogP contribution < -0.4 is 5.32 Å². The first kappa shape index (κ1) is 15.6. The molecule has 1 heterocycles. The van der Waals surface area contributed by atoms with Gasteiger partial charge in [0.15, 0.2) is 0 Å². The third-order valence-electron chi connectivity index (χ3n) is 3.04. The van der Waals surface area contributed by atoms with Gasteiger partial charge in [-0.2, -0.15) is 0 Å². The van der Waals surface area contributed by atoms with Crippen LogP contribution in [0.15, 0.2) is 22.8 Å². The number of nitrogens with one attached hydrogen (secondary N) is 1. The van der Waals surface area contributed by atoms with Gasteiger partial charge in [-0.25, -0.2) is 0 Å². The van der Waals surface area contributed by atoms with Crippen molar-refractivity contribution in [2.45, 2.75) is 32.7 Å². The van der Waals surface area contributed by atoms with Crippen LogP contribution in [0.4, 0.5) is 0 Å². The van der Waals surface area contributed by atoms with Gasteiger partial charge >= 0.3 is 0 Å². The van der Waals surface area contributed by atoms with E-state index in [4.69, 9.17) is 4.74 Å². The fourth-order valence-corrected chi connectivity index (χ4v) is 2.47. The third kappa shape index (κ3) is 4.67. The normalized spacial score (nSPS) is 14.4. The second kappa shape index (κ2) is 8.62. The van der Waals surface area contributed by atoms with Gasteiger partial charge in [0.05, 0.1) is 11.7 Å². The lowest BCUT2D eigenvalue weighted by Gasteiger charge is -2.25. The largest absolute Gasteiger partial charge is 0.385 e. The second-order valence-electron chi connectivity index (χ2n) is 4.56. The Balaban J connectivity index is 2.80. The molecule has 0 saturated carbocycles. The Hall–Kier alpha value is -0.450. The lowest BCUT2D eigenvalue weighted by atomic mass is 9.95. The molecule has 102 valence electrons. The van der Waals surface area contributed by atoms with Crippen LogP contribution in [-0.4, -0.2) is 25.2 Å². The van der Waals surface area contributed by atoms with Crippen molar-refractivity contribution >= 4 is 15.9 Å². The van der Waals surface area contributed by atoms with E-state index in [1.807, 2.05) is 18.3 Å². The minimum atomic E-state index is 0.274. The summed E-state index contributed by atoms with van der Waals surface area (Å²) in [5.41, 5.74) is 1.09. The quantitative estimate of drug-likeness (QED) is 0.796. The second-order valence-corrected chi connectivity index (χ2v) is 5.42. The molecule has 0 radical (unpaired) electrons. The molecule has 3 nitrogen and oxygen atoms in total. The van der Waals surface area contributed by atoms with E-state index in [9.17, 15) is 0 Å². The van der Waals surface area contributed by atoms with Crippen LogP contribution in [0.2, 0.25) is 0 Å². The monoisotopic (exact) mass is 314 g/mol. The fraction of sp³-hybridized carbons (Fsp3) is 0.643. The number of hydrogen-bond acceptors (Lipinski definition) is 3. The Morgan fingerprint density at radius 3 is 2.89 bits per heavy atom. The van der Waals surface area contributed by atoms with Crippen molar-refractivity contribution in [3.8, 4) is 0 Å². The third-order valence-corrected chi connectivity index (χ3v) is 3.71. The highest BCUT2D eigenvalue weighted by Gasteiger charge is 2.21. The maximum Gasteiger partial charge on any atom is 0.0717 e. The molecule has 0 spiro atoms. The minimum absolute atomic E-state index is 0.274. The summed E-state index contributed by atoms with van der Waals surface area (Å²) in [5, 5.41) is 3.59. The molecule has 2 atom stereocenters. The van der Waals surface area contributed by atoms with E-state index in [-0.39, 0.29) is 6.04 Å². The molecule has 0 amide bonds. The summed E-state index contributed by atoms with van der Waals surface area (Å²) in [6, 6.07) is 4.27. The van der Waals surface area contributed by atoms with Crippen molar-refractivity contribution < 1.29 is 4.74 Å². The first-order valence-electron chi connectivity index (χ1n) is 6.53. The Morgan fingerprint density at radius 1 is 1.50 bits per heavy atom. The number of halogens is 1. The molecule has 1 N–H and O–H groups in total.